The molecule has 0 unspecified atom stereocenters. The molecular formula is C18H20N6O4. The Morgan fingerprint density at radius 2 is 2.14 bits per heavy atom. The number of amides is 2. The second kappa shape index (κ2) is 7.31. The van der Waals surface area contributed by atoms with Crippen molar-refractivity contribution in [3.63, 3.8) is 0 Å². The van der Waals surface area contributed by atoms with Gasteiger partial charge in [0.15, 0.2) is 11.5 Å². The van der Waals surface area contributed by atoms with E-state index in [2.05, 4.69) is 25.5 Å². The fraction of sp³-hybridized carbons (Fsp3) is 0.333. The van der Waals surface area contributed by atoms with E-state index in [1.165, 1.54) is 11.0 Å². The van der Waals surface area contributed by atoms with Crippen LogP contribution in [0.1, 0.15) is 16.9 Å². The van der Waals surface area contributed by atoms with Crippen LogP contribution in [0.25, 0.3) is 0 Å². The van der Waals surface area contributed by atoms with Gasteiger partial charge in [0.25, 0.3) is 0 Å². The molecular weight excluding hydrogens is 364 g/mol. The zero-order valence-corrected chi connectivity index (χ0v) is 15.0. The van der Waals surface area contributed by atoms with Crippen LogP contribution in [0, 0.1) is 0 Å². The Kier molecular flexibility index (Phi) is 4.70. The Bertz CT molecular complexity index is 921. The third kappa shape index (κ3) is 3.29. The van der Waals surface area contributed by atoms with Crippen molar-refractivity contribution in [3.05, 3.63) is 36.2 Å². The number of carbonyl (C=O) groups excluding carboxylic acids is 1. The normalized spacial score (nSPS) is 17.2. The number of nitrogens with one attached hydrogen (secondary N) is 2. The summed E-state index contributed by atoms with van der Waals surface area (Å²) in [7, 11) is 0. The van der Waals surface area contributed by atoms with Crippen LogP contribution in [0.3, 0.4) is 0 Å². The number of anilines is 4. The second-order valence-corrected chi connectivity index (χ2v) is 6.61. The molecule has 2 bridgehead atoms. The summed E-state index contributed by atoms with van der Waals surface area (Å²) in [5, 5.41) is 24.0. The number of carboxylic acids is 1. The molecule has 0 aliphatic carbocycles. The zero-order chi connectivity index (χ0) is 19.7. The summed E-state index contributed by atoms with van der Waals surface area (Å²) in [4.78, 5) is 36.4. The third-order valence-electron chi connectivity index (χ3n) is 4.83. The third-order valence-corrected chi connectivity index (χ3v) is 4.83. The molecule has 4 heterocycles. The molecule has 1 saturated heterocycles. The Morgan fingerprint density at radius 3 is 2.93 bits per heavy atom. The number of urea groups is 1. The first-order valence-electron chi connectivity index (χ1n) is 8.97. The molecule has 146 valence electrons. The van der Waals surface area contributed by atoms with E-state index in [4.69, 9.17) is 5.11 Å². The molecule has 10 heteroatoms. The van der Waals surface area contributed by atoms with Crippen molar-refractivity contribution in [3.8, 4) is 0 Å². The number of nitrogens with zero attached hydrogens (tertiary/aromatic N) is 4. The Hall–Kier alpha value is -3.40. The molecule has 2 aromatic heterocycles. The van der Waals surface area contributed by atoms with Gasteiger partial charge >= 0.3 is 12.0 Å². The molecule has 4 rings (SSSR count). The van der Waals surface area contributed by atoms with Gasteiger partial charge in [-0.1, -0.05) is 0 Å². The van der Waals surface area contributed by atoms with Crippen molar-refractivity contribution in [2.45, 2.75) is 12.5 Å². The summed E-state index contributed by atoms with van der Waals surface area (Å²) in [5.41, 5.74) is 1.37. The quantitative estimate of drug-likeness (QED) is 0.605. The van der Waals surface area contributed by atoms with Crippen molar-refractivity contribution in [2.75, 3.05) is 46.7 Å². The van der Waals surface area contributed by atoms with E-state index < -0.39 is 12.0 Å². The van der Waals surface area contributed by atoms with Gasteiger partial charge in [0.05, 0.1) is 18.3 Å². The Balaban J connectivity index is 1.61. The number of rotatable bonds is 5. The minimum absolute atomic E-state index is 0.00959. The zero-order valence-electron chi connectivity index (χ0n) is 15.0. The van der Waals surface area contributed by atoms with Gasteiger partial charge in [-0.15, -0.1) is 0 Å². The van der Waals surface area contributed by atoms with E-state index in [-0.39, 0.29) is 18.3 Å². The van der Waals surface area contributed by atoms with Crippen molar-refractivity contribution >= 4 is 35.0 Å². The number of fused-ring (bicyclic) bond motifs is 4. The first kappa shape index (κ1) is 18.0. The number of hydrogen-bond acceptors (Lipinski definition) is 7. The smallest absolute Gasteiger partial charge is 0.354 e. The fourth-order valence-corrected chi connectivity index (χ4v) is 3.57. The lowest BCUT2D eigenvalue weighted by Gasteiger charge is -2.35. The molecule has 4 N–H and O–H groups in total. The molecule has 10 nitrogen and oxygen atoms in total. The predicted octanol–water partition coefficient (Wildman–Crippen LogP) is 1.21. The molecule has 1 fully saturated rings. The van der Waals surface area contributed by atoms with Crippen molar-refractivity contribution in [1.29, 1.82) is 0 Å². The molecule has 2 aliphatic heterocycles. The SMILES string of the molecule is O=C(O)c1ccc2c(n1)N(C(=O)Nc1cc(NCCO)ccn1)[C@H]1CCN2C1. The number of carboxylic acid groups (broad SMARTS) is 1. The average Bonchev–Trinajstić information content (AvgIpc) is 3.10. The first-order chi connectivity index (χ1) is 13.6. The van der Waals surface area contributed by atoms with Crippen LogP contribution in [0.5, 0.6) is 0 Å². The van der Waals surface area contributed by atoms with Crippen molar-refractivity contribution < 1.29 is 19.8 Å². The molecule has 2 aliphatic rings. The molecule has 1 atom stereocenters. The van der Waals surface area contributed by atoms with Crippen LogP contribution in [-0.4, -0.2) is 64.5 Å². The molecule has 0 radical (unpaired) electrons. The van der Waals surface area contributed by atoms with Gasteiger partial charge in [-0.05, 0) is 24.6 Å². The highest BCUT2D eigenvalue weighted by Crippen LogP contribution is 2.39. The topological polar surface area (TPSA) is 131 Å². The highest BCUT2D eigenvalue weighted by atomic mass is 16.4. The fourth-order valence-electron chi connectivity index (χ4n) is 3.57. The highest BCUT2D eigenvalue weighted by Gasteiger charge is 2.40. The van der Waals surface area contributed by atoms with Gasteiger partial charge in [0.2, 0.25) is 0 Å². The van der Waals surface area contributed by atoms with Crippen LogP contribution >= 0.6 is 0 Å². The van der Waals surface area contributed by atoms with Gasteiger partial charge < -0.3 is 20.4 Å². The predicted molar refractivity (Wildman–Crippen MR) is 103 cm³/mol. The lowest BCUT2D eigenvalue weighted by atomic mass is 10.2. The maximum Gasteiger partial charge on any atom is 0.354 e. The average molecular weight is 384 g/mol. The Morgan fingerprint density at radius 1 is 1.29 bits per heavy atom. The van der Waals surface area contributed by atoms with E-state index in [1.807, 2.05) is 0 Å². The van der Waals surface area contributed by atoms with Crippen LogP contribution < -0.4 is 20.4 Å². The van der Waals surface area contributed by atoms with Gasteiger partial charge in [0.1, 0.15) is 5.82 Å². The van der Waals surface area contributed by atoms with E-state index in [0.717, 1.165) is 24.3 Å². The molecule has 0 aromatic carbocycles. The van der Waals surface area contributed by atoms with Gasteiger partial charge in [0, 0.05) is 37.6 Å². The summed E-state index contributed by atoms with van der Waals surface area (Å²) < 4.78 is 0. The van der Waals surface area contributed by atoms with Crippen LogP contribution in [0.15, 0.2) is 30.5 Å². The molecule has 28 heavy (non-hydrogen) atoms. The number of aromatic nitrogens is 2. The van der Waals surface area contributed by atoms with Gasteiger partial charge in [-0.2, -0.15) is 0 Å². The van der Waals surface area contributed by atoms with Gasteiger partial charge in [-0.25, -0.2) is 19.6 Å². The van der Waals surface area contributed by atoms with Crippen LogP contribution in [-0.2, 0) is 0 Å². The summed E-state index contributed by atoms with van der Waals surface area (Å²) >= 11 is 0. The lowest BCUT2D eigenvalue weighted by molar-refractivity contribution is 0.0690. The second-order valence-electron chi connectivity index (χ2n) is 6.61. The van der Waals surface area contributed by atoms with E-state index in [1.54, 1.807) is 24.4 Å². The van der Waals surface area contributed by atoms with Crippen LogP contribution in [0.2, 0.25) is 0 Å². The van der Waals surface area contributed by atoms with Crippen LogP contribution in [0.4, 0.5) is 27.8 Å². The minimum Gasteiger partial charge on any atom is -0.477 e. The summed E-state index contributed by atoms with van der Waals surface area (Å²) in [6.07, 6.45) is 2.33. The van der Waals surface area contributed by atoms with E-state index in [9.17, 15) is 14.7 Å². The standard InChI is InChI=1S/C18H20N6O4/c25-8-6-19-11-3-5-20-15(9-11)22-18(28)24-12-4-7-23(10-12)14-2-1-13(17(26)27)21-16(14)24/h1-3,5,9,12,25H,4,6-8,10H2,(H,26,27)(H2,19,20,22,28)/t12-/m0/s1. The van der Waals surface area contributed by atoms with Crippen molar-refractivity contribution in [2.24, 2.45) is 0 Å². The first-order valence-corrected chi connectivity index (χ1v) is 8.97. The number of carbonyl (C=O) groups is 2. The van der Waals surface area contributed by atoms with E-state index >= 15 is 0 Å². The van der Waals surface area contributed by atoms with Crippen molar-refractivity contribution in [1.82, 2.24) is 9.97 Å². The number of aliphatic hydroxyl groups is 1. The lowest BCUT2D eigenvalue weighted by Crippen LogP contribution is -2.48. The monoisotopic (exact) mass is 384 g/mol. The molecule has 0 spiro atoms. The number of hydrogen-bond donors (Lipinski definition) is 4. The maximum absolute atomic E-state index is 13.0. The van der Waals surface area contributed by atoms with Gasteiger partial charge in [-0.3, -0.25) is 10.2 Å². The largest absolute Gasteiger partial charge is 0.477 e. The number of pyridine rings is 2. The highest BCUT2D eigenvalue weighted by molar-refractivity contribution is 6.04. The summed E-state index contributed by atoms with van der Waals surface area (Å²) in [6.45, 7) is 1.84. The summed E-state index contributed by atoms with van der Waals surface area (Å²) in [5.74, 6) is -0.439. The number of aromatic carboxylic acids is 1. The Labute approximate surface area is 160 Å². The maximum atomic E-state index is 13.0. The molecule has 0 saturated carbocycles. The molecule has 2 amide bonds. The minimum atomic E-state index is -1.14. The summed E-state index contributed by atoms with van der Waals surface area (Å²) in [6, 6.07) is 6.06. The molecule has 2 aromatic rings. The number of aliphatic hydroxyl groups excluding tert-OH is 1. The van der Waals surface area contributed by atoms with E-state index in [0.29, 0.717) is 24.7 Å².